The molecule has 5 nitrogen and oxygen atoms in total. The molecule has 11 aromatic rings. The maximum Gasteiger partial charge on any atom is 0.167 e. The Labute approximate surface area is 285 Å². The van der Waals surface area contributed by atoms with Gasteiger partial charge in [0.05, 0.1) is 5.56 Å². The van der Waals surface area contributed by atoms with E-state index in [0.717, 1.165) is 82.1 Å². The van der Waals surface area contributed by atoms with Crippen LogP contribution in [0, 0.1) is 0 Å². The zero-order chi connectivity index (χ0) is 32.8. The Morgan fingerprint density at radius 1 is 0.340 bits per heavy atom. The van der Waals surface area contributed by atoms with E-state index >= 15 is 0 Å². The Morgan fingerprint density at radius 2 is 0.920 bits per heavy atom. The van der Waals surface area contributed by atoms with Crippen LogP contribution in [0.15, 0.2) is 160 Å². The Kier molecular flexibility index (Phi) is 5.60. The standard InChI is InChI=1S/C45H25N3O2/c1-3-11-30-26(9-1)19-20-28-21-22-29(25-37(28)30)43-46-44(35-15-8-18-39-40(35)34-13-5-6-17-38(34)49-39)48-45(47-43)36-16-7-14-32-33-24-23-27-10-2-4-12-31(27)41(33)50-42(32)36/h1-25H. The predicted molar refractivity (Wildman–Crippen MR) is 203 cm³/mol. The first-order chi connectivity index (χ1) is 24.8. The van der Waals surface area contributed by atoms with Crippen molar-refractivity contribution in [3.05, 3.63) is 152 Å². The Balaban J connectivity index is 1.21. The number of hydrogen-bond acceptors (Lipinski definition) is 5. The van der Waals surface area contributed by atoms with Gasteiger partial charge in [-0.2, -0.15) is 0 Å². The number of benzene rings is 8. The molecule has 8 aromatic carbocycles. The van der Waals surface area contributed by atoms with Gasteiger partial charge in [0.15, 0.2) is 17.5 Å². The minimum absolute atomic E-state index is 0.543. The van der Waals surface area contributed by atoms with Crippen LogP contribution in [0.5, 0.6) is 0 Å². The first-order valence-electron chi connectivity index (χ1n) is 16.7. The van der Waals surface area contributed by atoms with Gasteiger partial charge in [0.1, 0.15) is 22.3 Å². The second-order valence-corrected chi connectivity index (χ2v) is 12.8. The van der Waals surface area contributed by atoms with Gasteiger partial charge in [-0.25, -0.2) is 15.0 Å². The lowest BCUT2D eigenvalue weighted by atomic mass is 9.99. The molecule has 0 saturated heterocycles. The summed E-state index contributed by atoms with van der Waals surface area (Å²) in [7, 11) is 0. The van der Waals surface area contributed by atoms with Crippen molar-refractivity contribution < 1.29 is 8.83 Å². The Hall–Kier alpha value is -6.85. The van der Waals surface area contributed by atoms with E-state index in [4.69, 9.17) is 23.8 Å². The van der Waals surface area contributed by atoms with Crippen LogP contribution in [-0.2, 0) is 0 Å². The summed E-state index contributed by atoms with van der Waals surface area (Å²) < 4.78 is 13.0. The van der Waals surface area contributed by atoms with Gasteiger partial charge in [0.25, 0.3) is 0 Å². The van der Waals surface area contributed by atoms with Gasteiger partial charge in [-0.05, 0) is 57.3 Å². The highest BCUT2D eigenvalue weighted by Gasteiger charge is 2.21. The van der Waals surface area contributed by atoms with Gasteiger partial charge in [-0.15, -0.1) is 0 Å². The third-order valence-electron chi connectivity index (χ3n) is 9.91. The molecule has 0 fully saturated rings. The summed E-state index contributed by atoms with van der Waals surface area (Å²) in [5, 5.41) is 11.0. The van der Waals surface area contributed by atoms with Crippen LogP contribution in [0.3, 0.4) is 0 Å². The van der Waals surface area contributed by atoms with Crippen molar-refractivity contribution in [2.45, 2.75) is 0 Å². The van der Waals surface area contributed by atoms with Crippen molar-refractivity contribution in [1.82, 2.24) is 15.0 Å². The van der Waals surface area contributed by atoms with E-state index in [2.05, 4.69) is 109 Å². The van der Waals surface area contributed by atoms with Gasteiger partial charge >= 0.3 is 0 Å². The molecular weight excluding hydrogens is 615 g/mol. The van der Waals surface area contributed by atoms with E-state index in [0.29, 0.717) is 17.5 Å². The van der Waals surface area contributed by atoms with E-state index in [1.165, 1.54) is 10.8 Å². The molecule has 50 heavy (non-hydrogen) atoms. The summed E-state index contributed by atoms with van der Waals surface area (Å²) in [4.78, 5) is 15.6. The lowest BCUT2D eigenvalue weighted by Crippen LogP contribution is -2.00. The fourth-order valence-corrected chi connectivity index (χ4v) is 7.55. The molecule has 0 saturated carbocycles. The van der Waals surface area contributed by atoms with E-state index < -0.39 is 0 Å². The molecule has 0 aliphatic carbocycles. The molecule has 0 aliphatic heterocycles. The van der Waals surface area contributed by atoms with E-state index in [9.17, 15) is 0 Å². The number of para-hydroxylation sites is 2. The molecule has 0 spiro atoms. The highest BCUT2D eigenvalue weighted by Crippen LogP contribution is 2.40. The summed E-state index contributed by atoms with van der Waals surface area (Å²) in [6.45, 7) is 0. The van der Waals surface area contributed by atoms with Gasteiger partial charge < -0.3 is 8.83 Å². The predicted octanol–water partition coefficient (Wildman–Crippen LogP) is 12.1. The third-order valence-corrected chi connectivity index (χ3v) is 9.91. The zero-order valence-corrected chi connectivity index (χ0v) is 26.6. The third kappa shape index (κ3) is 3.98. The van der Waals surface area contributed by atoms with Crippen LogP contribution < -0.4 is 0 Å². The minimum Gasteiger partial charge on any atom is -0.456 e. The first kappa shape index (κ1) is 27.1. The highest BCUT2D eigenvalue weighted by molar-refractivity contribution is 6.17. The molecule has 0 unspecified atom stereocenters. The average Bonchev–Trinajstić information content (AvgIpc) is 3.76. The molecule has 0 atom stereocenters. The van der Waals surface area contributed by atoms with Crippen molar-refractivity contribution in [2.75, 3.05) is 0 Å². The first-order valence-corrected chi connectivity index (χ1v) is 16.7. The molecule has 11 rings (SSSR count). The van der Waals surface area contributed by atoms with Crippen molar-refractivity contribution >= 4 is 76.2 Å². The number of fused-ring (bicyclic) bond motifs is 11. The zero-order valence-electron chi connectivity index (χ0n) is 26.6. The lowest BCUT2D eigenvalue weighted by molar-refractivity contribution is 0.669. The number of aromatic nitrogens is 3. The quantitative estimate of drug-likeness (QED) is 0.180. The molecule has 232 valence electrons. The van der Waals surface area contributed by atoms with Gasteiger partial charge in [0.2, 0.25) is 0 Å². The van der Waals surface area contributed by atoms with Crippen molar-refractivity contribution in [3.63, 3.8) is 0 Å². The van der Waals surface area contributed by atoms with Crippen molar-refractivity contribution in [2.24, 2.45) is 0 Å². The van der Waals surface area contributed by atoms with Crippen LogP contribution in [0.25, 0.3) is 110 Å². The van der Waals surface area contributed by atoms with Gasteiger partial charge in [-0.1, -0.05) is 121 Å². The SMILES string of the molecule is c1ccc2c(c1)ccc1ccc(-c3nc(-c4cccc5c4oc4c6ccccc6ccc54)nc(-c4cccc5oc6ccccc6c45)n3)cc12. The topological polar surface area (TPSA) is 65.0 Å². The molecule has 0 amide bonds. The summed E-state index contributed by atoms with van der Waals surface area (Å²) in [5.41, 5.74) is 5.82. The Morgan fingerprint density at radius 3 is 1.80 bits per heavy atom. The lowest BCUT2D eigenvalue weighted by Gasteiger charge is -2.11. The maximum absolute atomic E-state index is 6.75. The molecular formula is C45H25N3O2. The molecule has 0 aliphatic rings. The van der Waals surface area contributed by atoms with Crippen LogP contribution >= 0.6 is 0 Å². The second kappa shape index (κ2) is 10.3. The van der Waals surface area contributed by atoms with Crippen LogP contribution in [0.2, 0.25) is 0 Å². The second-order valence-electron chi connectivity index (χ2n) is 12.8. The van der Waals surface area contributed by atoms with Gasteiger partial charge in [-0.3, -0.25) is 0 Å². The number of furan rings is 2. The number of rotatable bonds is 3. The molecule has 0 N–H and O–H groups in total. The monoisotopic (exact) mass is 639 g/mol. The van der Waals surface area contributed by atoms with Crippen LogP contribution in [0.1, 0.15) is 0 Å². The molecule has 0 radical (unpaired) electrons. The fourth-order valence-electron chi connectivity index (χ4n) is 7.55. The van der Waals surface area contributed by atoms with E-state index in [1.807, 2.05) is 42.5 Å². The fraction of sp³-hybridized carbons (Fsp3) is 0. The smallest absolute Gasteiger partial charge is 0.167 e. The van der Waals surface area contributed by atoms with E-state index in [-0.39, 0.29) is 0 Å². The number of nitrogens with zero attached hydrogens (tertiary/aromatic N) is 3. The largest absolute Gasteiger partial charge is 0.456 e. The van der Waals surface area contributed by atoms with E-state index in [1.54, 1.807) is 0 Å². The minimum atomic E-state index is 0.543. The molecule has 3 aromatic heterocycles. The molecule has 5 heteroatoms. The number of hydrogen-bond donors (Lipinski definition) is 0. The summed E-state index contributed by atoms with van der Waals surface area (Å²) in [6, 6.07) is 52.2. The average molecular weight is 640 g/mol. The molecule has 0 bridgehead atoms. The normalized spacial score (nSPS) is 12.0. The maximum atomic E-state index is 6.75. The van der Waals surface area contributed by atoms with Gasteiger partial charge in [0, 0.05) is 38.1 Å². The summed E-state index contributed by atoms with van der Waals surface area (Å²) in [5.74, 6) is 1.70. The van der Waals surface area contributed by atoms with Crippen LogP contribution in [0.4, 0.5) is 0 Å². The van der Waals surface area contributed by atoms with Crippen molar-refractivity contribution in [1.29, 1.82) is 0 Å². The summed E-state index contributed by atoms with van der Waals surface area (Å²) >= 11 is 0. The van der Waals surface area contributed by atoms with Crippen molar-refractivity contribution in [3.8, 4) is 34.2 Å². The molecule has 3 heterocycles. The summed E-state index contributed by atoms with van der Waals surface area (Å²) in [6.07, 6.45) is 0. The highest BCUT2D eigenvalue weighted by atomic mass is 16.3. The van der Waals surface area contributed by atoms with Crippen LogP contribution in [-0.4, -0.2) is 15.0 Å². The Bertz CT molecular complexity index is 3170.